The number of carbonyl (C=O) groups excluding carboxylic acids is 2. The standard InChI is InChI=1S/C16H15FN4O4/c17-12-7-6-11(8-14(12)21(24)25)19-15(22)9-13(20-16(18)23)10-4-2-1-3-5-10/h1-8,13H,9H2,(H,19,22)(H3,18,20,23). The number of urea groups is 1. The first kappa shape index (κ1) is 17.9. The first-order valence-corrected chi connectivity index (χ1v) is 7.21. The van der Waals surface area contributed by atoms with Gasteiger partial charge in [0.2, 0.25) is 11.7 Å². The van der Waals surface area contributed by atoms with Gasteiger partial charge in [-0.2, -0.15) is 4.39 Å². The normalized spacial score (nSPS) is 11.4. The number of nitrogens with two attached hydrogens (primary N) is 1. The van der Waals surface area contributed by atoms with Gasteiger partial charge in [-0.15, -0.1) is 0 Å². The lowest BCUT2D eigenvalue weighted by atomic mass is 10.0. The number of carbonyl (C=O) groups is 2. The molecule has 0 saturated heterocycles. The summed E-state index contributed by atoms with van der Waals surface area (Å²) < 4.78 is 13.3. The largest absolute Gasteiger partial charge is 0.352 e. The van der Waals surface area contributed by atoms with Crippen molar-refractivity contribution >= 4 is 23.3 Å². The van der Waals surface area contributed by atoms with Crippen molar-refractivity contribution in [2.75, 3.05) is 5.32 Å². The Bertz CT molecular complexity index is 798. The third-order valence-corrected chi connectivity index (χ3v) is 3.33. The summed E-state index contributed by atoms with van der Waals surface area (Å²) in [5, 5.41) is 15.6. The molecule has 9 heteroatoms. The van der Waals surface area contributed by atoms with Gasteiger partial charge in [0.25, 0.3) is 0 Å². The summed E-state index contributed by atoms with van der Waals surface area (Å²) in [6, 6.07) is 10.3. The molecule has 4 N–H and O–H groups in total. The van der Waals surface area contributed by atoms with Crippen LogP contribution in [0.1, 0.15) is 18.0 Å². The number of primary amides is 1. The molecular formula is C16H15FN4O4. The van der Waals surface area contributed by atoms with E-state index in [2.05, 4.69) is 10.6 Å². The molecule has 25 heavy (non-hydrogen) atoms. The zero-order chi connectivity index (χ0) is 18.4. The number of halogens is 1. The number of nitrogens with zero attached hydrogens (tertiary/aromatic N) is 1. The smallest absolute Gasteiger partial charge is 0.312 e. The lowest BCUT2D eigenvalue weighted by molar-refractivity contribution is -0.387. The molecular weight excluding hydrogens is 331 g/mol. The van der Waals surface area contributed by atoms with Crippen LogP contribution in [0.4, 0.5) is 20.6 Å². The number of benzene rings is 2. The molecule has 2 aromatic carbocycles. The molecule has 3 amide bonds. The number of rotatable bonds is 6. The number of anilines is 1. The summed E-state index contributed by atoms with van der Waals surface area (Å²) >= 11 is 0. The van der Waals surface area contributed by atoms with E-state index in [4.69, 9.17) is 5.73 Å². The topological polar surface area (TPSA) is 127 Å². The minimum absolute atomic E-state index is 0.0731. The Morgan fingerprint density at radius 1 is 1.20 bits per heavy atom. The monoisotopic (exact) mass is 346 g/mol. The van der Waals surface area contributed by atoms with Gasteiger partial charge < -0.3 is 16.4 Å². The summed E-state index contributed by atoms with van der Waals surface area (Å²) in [7, 11) is 0. The van der Waals surface area contributed by atoms with Crippen LogP contribution in [-0.4, -0.2) is 16.9 Å². The van der Waals surface area contributed by atoms with Crippen molar-refractivity contribution < 1.29 is 18.9 Å². The minimum Gasteiger partial charge on any atom is -0.352 e. The third-order valence-electron chi connectivity index (χ3n) is 3.33. The van der Waals surface area contributed by atoms with E-state index < -0.39 is 34.4 Å². The molecule has 0 aliphatic carbocycles. The second kappa shape index (κ2) is 7.86. The second-order valence-electron chi connectivity index (χ2n) is 5.15. The van der Waals surface area contributed by atoms with Crippen LogP contribution in [0.25, 0.3) is 0 Å². The van der Waals surface area contributed by atoms with Crippen molar-refractivity contribution in [1.82, 2.24) is 5.32 Å². The van der Waals surface area contributed by atoms with Crippen molar-refractivity contribution in [1.29, 1.82) is 0 Å². The Morgan fingerprint density at radius 3 is 2.48 bits per heavy atom. The molecule has 0 saturated carbocycles. The van der Waals surface area contributed by atoms with E-state index in [9.17, 15) is 24.1 Å². The fraction of sp³-hybridized carbons (Fsp3) is 0.125. The van der Waals surface area contributed by atoms with E-state index in [1.807, 2.05) is 0 Å². The summed E-state index contributed by atoms with van der Waals surface area (Å²) in [5.41, 5.74) is 5.13. The predicted octanol–water partition coefficient (Wildman–Crippen LogP) is 2.47. The molecule has 1 atom stereocenters. The first-order valence-electron chi connectivity index (χ1n) is 7.21. The molecule has 0 aliphatic rings. The molecule has 0 radical (unpaired) electrons. The van der Waals surface area contributed by atoms with Crippen LogP contribution in [0, 0.1) is 15.9 Å². The first-order chi connectivity index (χ1) is 11.9. The molecule has 0 bridgehead atoms. The molecule has 8 nitrogen and oxygen atoms in total. The average Bonchev–Trinajstić information content (AvgIpc) is 2.56. The van der Waals surface area contributed by atoms with E-state index >= 15 is 0 Å². The van der Waals surface area contributed by atoms with Crippen LogP contribution in [0.5, 0.6) is 0 Å². The average molecular weight is 346 g/mol. The van der Waals surface area contributed by atoms with Crippen LogP contribution in [0.3, 0.4) is 0 Å². The highest BCUT2D eigenvalue weighted by atomic mass is 19.1. The van der Waals surface area contributed by atoms with E-state index in [1.54, 1.807) is 30.3 Å². The molecule has 0 heterocycles. The summed E-state index contributed by atoms with van der Waals surface area (Å²) in [5.74, 6) is -1.52. The lowest BCUT2D eigenvalue weighted by Crippen LogP contribution is -2.35. The number of nitro groups is 1. The molecule has 0 spiro atoms. The highest BCUT2D eigenvalue weighted by Crippen LogP contribution is 2.23. The van der Waals surface area contributed by atoms with Gasteiger partial charge >= 0.3 is 11.7 Å². The maximum absolute atomic E-state index is 13.3. The summed E-state index contributed by atoms with van der Waals surface area (Å²) in [4.78, 5) is 33.2. The van der Waals surface area contributed by atoms with E-state index in [1.165, 1.54) is 6.07 Å². The molecule has 130 valence electrons. The number of nitrogens with one attached hydrogen (secondary N) is 2. The highest BCUT2D eigenvalue weighted by Gasteiger charge is 2.19. The lowest BCUT2D eigenvalue weighted by Gasteiger charge is -2.17. The Kier molecular flexibility index (Phi) is 5.62. The van der Waals surface area contributed by atoms with Crippen molar-refractivity contribution in [3.63, 3.8) is 0 Å². The van der Waals surface area contributed by atoms with Crippen LogP contribution >= 0.6 is 0 Å². The van der Waals surface area contributed by atoms with Crippen molar-refractivity contribution in [3.8, 4) is 0 Å². The Hall–Kier alpha value is -3.49. The molecule has 2 aromatic rings. The van der Waals surface area contributed by atoms with Gasteiger partial charge in [0, 0.05) is 11.8 Å². The molecule has 1 unspecified atom stereocenters. The van der Waals surface area contributed by atoms with Gasteiger partial charge in [-0.25, -0.2) is 4.79 Å². The maximum Gasteiger partial charge on any atom is 0.312 e. The van der Waals surface area contributed by atoms with Gasteiger partial charge in [-0.05, 0) is 17.7 Å². The van der Waals surface area contributed by atoms with Crippen LogP contribution in [0.2, 0.25) is 0 Å². The Labute approximate surface area is 142 Å². The van der Waals surface area contributed by atoms with E-state index in [0.717, 1.165) is 12.1 Å². The third kappa shape index (κ3) is 4.99. The molecule has 0 aromatic heterocycles. The SMILES string of the molecule is NC(=O)NC(CC(=O)Nc1ccc(F)c([N+](=O)[O-])c1)c1ccccc1. The summed E-state index contributed by atoms with van der Waals surface area (Å²) in [6.45, 7) is 0. The van der Waals surface area contributed by atoms with Crippen LogP contribution in [-0.2, 0) is 4.79 Å². The number of amides is 3. The van der Waals surface area contributed by atoms with E-state index in [-0.39, 0.29) is 12.1 Å². The van der Waals surface area contributed by atoms with Crippen LogP contribution < -0.4 is 16.4 Å². The van der Waals surface area contributed by atoms with Gasteiger partial charge in [0.15, 0.2) is 0 Å². The minimum atomic E-state index is -0.999. The van der Waals surface area contributed by atoms with Crippen molar-refractivity contribution in [2.45, 2.75) is 12.5 Å². The number of hydrogen-bond acceptors (Lipinski definition) is 4. The fourth-order valence-electron chi connectivity index (χ4n) is 2.24. The zero-order valence-electron chi connectivity index (χ0n) is 12.9. The Balaban J connectivity index is 2.12. The molecule has 0 aliphatic heterocycles. The number of hydrogen-bond donors (Lipinski definition) is 3. The quantitative estimate of drug-likeness (QED) is 0.548. The molecule has 0 fully saturated rings. The van der Waals surface area contributed by atoms with Gasteiger partial charge in [0.1, 0.15) is 0 Å². The van der Waals surface area contributed by atoms with E-state index in [0.29, 0.717) is 5.56 Å². The highest BCUT2D eigenvalue weighted by molar-refractivity contribution is 5.91. The van der Waals surface area contributed by atoms with Gasteiger partial charge in [-0.3, -0.25) is 14.9 Å². The van der Waals surface area contributed by atoms with Crippen molar-refractivity contribution in [2.24, 2.45) is 5.73 Å². The van der Waals surface area contributed by atoms with Gasteiger partial charge in [0.05, 0.1) is 17.4 Å². The molecule has 2 rings (SSSR count). The second-order valence-corrected chi connectivity index (χ2v) is 5.15. The van der Waals surface area contributed by atoms with Crippen molar-refractivity contribution in [3.05, 3.63) is 70.0 Å². The fourth-order valence-corrected chi connectivity index (χ4v) is 2.24. The maximum atomic E-state index is 13.3. The number of nitro benzene ring substituents is 1. The van der Waals surface area contributed by atoms with Crippen LogP contribution in [0.15, 0.2) is 48.5 Å². The zero-order valence-corrected chi connectivity index (χ0v) is 12.9. The Morgan fingerprint density at radius 2 is 1.88 bits per heavy atom. The summed E-state index contributed by atoms with van der Waals surface area (Å²) in [6.07, 6.45) is -0.155. The predicted molar refractivity (Wildman–Crippen MR) is 88.2 cm³/mol. The van der Waals surface area contributed by atoms with Gasteiger partial charge in [-0.1, -0.05) is 30.3 Å².